The Bertz CT molecular complexity index is 1010. The fraction of sp³-hybridized carbons (Fsp3) is 0. The molecule has 0 amide bonds. The van der Waals surface area contributed by atoms with E-state index in [4.69, 9.17) is 5.11 Å². The Morgan fingerprint density at radius 2 is 1.85 bits per heavy atom. The van der Waals surface area contributed by atoms with Crippen LogP contribution in [0.1, 0.15) is 10.5 Å². The predicted molar refractivity (Wildman–Crippen MR) is 90.4 cm³/mol. The van der Waals surface area contributed by atoms with Crippen molar-refractivity contribution in [2.45, 2.75) is 0 Å². The van der Waals surface area contributed by atoms with Gasteiger partial charge in [0, 0.05) is 30.9 Å². The van der Waals surface area contributed by atoms with E-state index in [1.807, 2.05) is 18.2 Å². The molecule has 9 nitrogen and oxygen atoms in total. The van der Waals surface area contributed by atoms with Gasteiger partial charge in [-0.2, -0.15) is 0 Å². The number of carbonyl (C=O) groups is 1. The summed E-state index contributed by atoms with van der Waals surface area (Å²) in [4.78, 5) is 36.5. The third kappa shape index (κ3) is 3.00. The summed E-state index contributed by atoms with van der Waals surface area (Å²) in [5, 5.41) is 9.07. The van der Waals surface area contributed by atoms with Crippen molar-refractivity contribution >= 4 is 5.97 Å². The summed E-state index contributed by atoms with van der Waals surface area (Å²) in [6.07, 6.45) is 9.09. The second-order valence-electron chi connectivity index (χ2n) is 5.21. The maximum atomic E-state index is 11.1. The zero-order chi connectivity index (χ0) is 17.9. The van der Waals surface area contributed by atoms with Crippen molar-refractivity contribution in [2.24, 2.45) is 0 Å². The van der Waals surface area contributed by atoms with Gasteiger partial charge in [-0.3, -0.25) is 14.5 Å². The summed E-state index contributed by atoms with van der Waals surface area (Å²) in [7, 11) is 0. The summed E-state index contributed by atoms with van der Waals surface area (Å²) >= 11 is 0. The summed E-state index contributed by atoms with van der Waals surface area (Å²) < 4.78 is 1.51. The fourth-order valence-electron chi connectivity index (χ4n) is 2.30. The molecular formula is C17H11N7O2. The Hall–Kier alpha value is -4.01. The molecule has 0 aliphatic carbocycles. The molecule has 1 N–H and O–H groups in total. The van der Waals surface area contributed by atoms with Crippen LogP contribution in [0.15, 0.2) is 61.6 Å². The molecule has 4 aromatic heterocycles. The quantitative estimate of drug-likeness (QED) is 0.595. The van der Waals surface area contributed by atoms with E-state index >= 15 is 0 Å². The van der Waals surface area contributed by atoms with Gasteiger partial charge in [0.2, 0.25) is 0 Å². The highest BCUT2D eigenvalue weighted by Gasteiger charge is 2.14. The smallest absolute Gasteiger partial charge is 0.356 e. The van der Waals surface area contributed by atoms with Gasteiger partial charge in [-0.1, -0.05) is 6.07 Å². The van der Waals surface area contributed by atoms with E-state index in [9.17, 15) is 4.79 Å². The molecule has 0 bridgehead atoms. The first kappa shape index (κ1) is 15.5. The maximum absolute atomic E-state index is 11.1. The first-order valence-electron chi connectivity index (χ1n) is 7.55. The number of carboxylic acids is 1. The lowest BCUT2D eigenvalue weighted by atomic mass is 10.2. The number of pyridine rings is 1. The topological polar surface area (TPSA) is 120 Å². The van der Waals surface area contributed by atoms with Gasteiger partial charge in [-0.05, 0) is 12.1 Å². The maximum Gasteiger partial charge on any atom is 0.356 e. The van der Waals surface area contributed by atoms with Crippen LogP contribution in [0.25, 0.3) is 28.7 Å². The number of hydrogen-bond acceptors (Lipinski definition) is 7. The Morgan fingerprint density at radius 3 is 2.54 bits per heavy atom. The second-order valence-corrected chi connectivity index (χ2v) is 5.21. The molecule has 0 aliphatic heterocycles. The minimum Gasteiger partial charge on any atom is -0.476 e. The Balaban J connectivity index is 1.89. The van der Waals surface area contributed by atoms with Crippen molar-refractivity contribution in [3.63, 3.8) is 0 Å². The van der Waals surface area contributed by atoms with E-state index in [0.29, 0.717) is 28.7 Å². The summed E-state index contributed by atoms with van der Waals surface area (Å²) in [6, 6.07) is 7.19. The highest BCUT2D eigenvalue weighted by atomic mass is 16.4. The first-order valence-corrected chi connectivity index (χ1v) is 7.55. The van der Waals surface area contributed by atoms with Gasteiger partial charge in [0.05, 0.1) is 17.6 Å². The molecular weight excluding hydrogens is 334 g/mol. The average molecular weight is 345 g/mol. The molecule has 0 radical (unpaired) electrons. The van der Waals surface area contributed by atoms with Crippen molar-refractivity contribution in [1.29, 1.82) is 0 Å². The van der Waals surface area contributed by atoms with Gasteiger partial charge >= 0.3 is 5.97 Å². The van der Waals surface area contributed by atoms with Crippen LogP contribution in [0, 0.1) is 0 Å². The molecule has 0 saturated carbocycles. The minimum atomic E-state index is -1.11. The van der Waals surface area contributed by atoms with Crippen molar-refractivity contribution in [3.05, 3.63) is 67.3 Å². The van der Waals surface area contributed by atoms with Crippen LogP contribution in [0.3, 0.4) is 0 Å². The molecule has 0 aliphatic rings. The molecule has 0 aromatic carbocycles. The van der Waals surface area contributed by atoms with Crippen LogP contribution >= 0.6 is 0 Å². The zero-order valence-corrected chi connectivity index (χ0v) is 13.3. The van der Waals surface area contributed by atoms with Gasteiger partial charge in [0.1, 0.15) is 17.8 Å². The number of imidazole rings is 1. The Labute approximate surface area is 147 Å². The molecule has 26 heavy (non-hydrogen) atoms. The summed E-state index contributed by atoms with van der Waals surface area (Å²) in [5.74, 6) is -0.319. The number of rotatable bonds is 4. The molecule has 0 fully saturated rings. The summed E-state index contributed by atoms with van der Waals surface area (Å²) in [5.41, 5.74) is 1.64. The molecule has 4 rings (SSSR count). The van der Waals surface area contributed by atoms with Crippen LogP contribution in [0.5, 0.6) is 0 Å². The highest BCUT2D eigenvalue weighted by molar-refractivity contribution is 5.85. The third-order valence-electron chi connectivity index (χ3n) is 3.50. The molecule has 9 heteroatoms. The molecule has 0 spiro atoms. The van der Waals surface area contributed by atoms with Crippen molar-refractivity contribution in [2.75, 3.05) is 0 Å². The van der Waals surface area contributed by atoms with Crippen LogP contribution in [0.4, 0.5) is 0 Å². The van der Waals surface area contributed by atoms with Crippen molar-refractivity contribution < 1.29 is 9.90 Å². The Morgan fingerprint density at radius 1 is 0.962 bits per heavy atom. The van der Waals surface area contributed by atoms with E-state index in [2.05, 4.69) is 29.9 Å². The number of hydrogen-bond donors (Lipinski definition) is 1. The molecule has 126 valence electrons. The van der Waals surface area contributed by atoms with Crippen LogP contribution in [-0.4, -0.2) is 45.5 Å². The van der Waals surface area contributed by atoms with Gasteiger partial charge in [-0.15, -0.1) is 0 Å². The first-order chi connectivity index (χ1) is 12.7. The molecule has 0 unspecified atom stereocenters. The minimum absolute atomic E-state index is 0.0796. The number of nitrogens with zero attached hydrogens (tertiary/aromatic N) is 7. The van der Waals surface area contributed by atoms with E-state index < -0.39 is 5.97 Å². The van der Waals surface area contributed by atoms with Gasteiger partial charge in [-0.25, -0.2) is 24.7 Å². The lowest BCUT2D eigenvalue weighted by Crippen LogP contribution is -2.02. The van der Waals surface area contributed by atoms with E-state index in [-0.39, 0.29) is 5.69 Å². The van der Waals surface area contributed by atoms with E-state index in [1.54, 1.807) is 30.9 Å². The highest BCUT2D eigenvalue weighted by Crippen LogP contribution is 2.21. The molecule has 0 atom stereocenters. The van der Waals surface area contributed by atoms with Crippen molar-refractivity contribution in [1.82, 2.24) is 34.5 Å². The van der Waals surface area contributed by atoms with Crippen LogP contribution in [0.2, 0.25) is 0 Å². The third-order valence-corrected chi connectivity index (χ3v) is 3.50. The number of carboxylic acid groups (broad SMARTS) is 1. The molecule has 0 saturated heterocycles. The average Bonchev–Trinajstić information content (AvgIpc) is 3.20. The van der Waals surface area contributed by atoms with Gasteiger partial charge in [0.25, 0.3) is 0 Å². The van der Waals surface area contributed by atoms with Crippen LogP contribution in [-0.2, 0) is 0 Å². The van der Waals surface area contributed by atoms with Crippen LogP contribution < -0.4 is 0 Å². The molecule has 4 heterocycles. The van der Waals surface area contributed by atoms with E-state index in [0.717, 1.165) is 0 Å². The van der Waals surface area contributed by atoms with E-state index in [1.165, 1.54) is 17.1 Å². The largest absolute Gasteiger partial charge is 0.476 e. The predicted octanol–water partition coefficient (Wildman–Crippen LogP) is 1.88. The normalized spacial score (nSPS) is 10.6. The lowest BCUT2D eigenvalue weighted by molar-refractivity contribution is 0.0691. The number of aromatic nitrogens is 7. The molecule has 4 aromatic rings. The van der Waals surface area contributed by atoms with Gasteiger partial charge < -0.3 is 5.11 Å². The Kier molecular flexibility index (Phi) is 3.86. The standard InChI is InChI=1S/C17H11N7O2/c25-17(26)14-9-24(10-21-14)15-7-12(11-3-1-2-4-19-11)22-16(23-15)13-8-18-5-6-20-13/h1-10H,(H,25,26). The fourth-order valence-corrected chi connectivity index (χ4v) is 2.30. The zero-order valence-electron chi connectivity index (χ0n) is 13.3. The summed E-state index contributed by atoms with van der Waals surface area (Å²) in [6.45, 7) is 0. The lowest BCUT2D eigenvalue weighted by Gasteiger charge is -2.08. The second kappa shape index (κ2) is 6.48. The van der Waals surface area contributed by atoms with Gasteiger partial charge in [0.15, 0.2) is 11.5 Å². The monoisotopic (exact) mass is 345 g/mol. The van der Waals surface area contributed by atoms with Crippen molar-refractivity contribution in [3.8, 4) is 28.7 Å². The number of aromatic carboxylic acids is 1. The SMILES string of the molecule is O=C(O)c1cn(-c2cc(-c3ccccn3)nc(-c3cnccn3)n2)cn1.